The highest BCUT2D eigenvalue weighted by Crippen LogP contribution is 2.31. The number of methoxy groups -OCH3 is 1. The van der Waals surface area contributed by atoms with E-state index in [4.69, 9.17) is 9.15 Å². The molecule has 3 rings (SSSR count). The van der Waals surface area contributed by atoms with E-state index in [9.17, 15) is 9.90 Å². The van der Waals surface area contributed by atoms with Crippen molar-refractivity contribution in [3.05, 3.63) is 42.2 Å². The number of hydrogen-bond donors (Lipinski definition) is 2. The van der Waals surface area contributed by atoms with Crippen molar-refractivity contribution in [2.24, 2.45) is 0 Å². The molecule has 0 radical (unpaired) electrons. The van der Waals surface area contributed by atoms with Crippen molar-refractivity contribution < 1.29 is 19.1 Å². The third-order valence-electron chi connectivity index (χ3n) is 3.46. The molecule has 0 bridgehead atoms. The van der Waals surface area contributed by atoms with Crippen LogP contribution in [0, 0.1) is 0 Å². The van der Waals surface area contributed by atoms with E-state index in [0.717, 1.165) is 15.2 Å². The molecule has 0 aliphatic heterocycles. The summed E-state index contributed by atoms with van der Waals surface area (Å²) in [6.45, 7) is 0.596. The van der Waals surface area contributed by atoms with Crippen LogP contribution in [-0.4, -0.2) is 42.4 Å². The molecular formula is C17H18N2O4S. The predicted molar refractivity (Wildman–Crippen MR) is 92.2 cm³/mol. The lowest BCUT2D eigenvalue weighted by Crippen LogP contribution is -2.28. The number of aliphatic hydroxyl groups excluding tert-OH is 1. The lowest BCUT2D eigenvalue weighted by atomic mass is 10.2. The number of carbonyl (C=O) groups is 1. The second-order valence-electron chi connectivity index (χ2n) is 5.30. The fourth-order valence-electron chi connectivity index (χ4n) is 2.27. The standard InChI is InChI=1S/C17H18N2O4S/c1-22-10-11(20)8-9-18-16(21)13-6-7-14(23-13)17-19-12-4-2-3-5-15(12)24-17/h2-7,11,20H,8-10H2,1H3,(H,18,21). The Kier molecular flexibility index (Phi) is 5.24. The summed E-state index contributed by atoms with van der Waals surface area (Å²) < 4.78 is 11.5. The topological polar surface area (TPSA) is 84.6 Å². The molecule has 2 aromatic heterocycles. The zero-order valence-electron chi connectivity index (χ0n) is 13.2. The van der Waals surface area contributed by atoms with Gasteiger partial charge >= 0.3 is 0 Å². The number of nitrogens with zero attached hydrogens (tertiary/aromatic N) is 1. The minimum absolute atomic E-state index is 0.227. The number of aliphatic hydroxyl groups is 1. The molecule has 0 spiro atoms. The van der Waals surface area contributed by atoms with Gasteiger partial charge in [0.15, 0.2) is 16.5 Å². The largest absolute Gasteiger partial charge is 0.448 e. The fraction of sp³-hybridized carbons (Fsp3) is 0.294. The average molecular weight is 346 g/mol. The van der Waals surface area contributed by atoms with Crippen LogP contribution in [0.3, 0.4) is 0 Å². The molecule has 0 saturated heterocycles. The number of ether oxygens (including phenoxy) is 1. The highest BCUT2D eigenvalue weighted by Gasteiger charge is 2.15. The first kappa shape index (κ1) is 16.6. The van der Waals surface area contributed by atoms with Crippen molar-refractivity contribution in [1.82, 2.24) is 10.3 Å². The van der Waals surface area contributed by atoms with Crippen LogP contribution in [0.5, 0.6) is 0 Å². The Bertz CT molecular complexity index is 794. The highest BCUT2D eigenvalue weighted by atomic mass is 32.1. The molecule has 0 saturated carbocycles. The van der Waals surface area contributed by atoms with Gasteiger partial charge in [0.05, 0.1) is 22.9 Å². The lowest BCUT2D eigenvalue weighted by molar-refractivity contribution is 0.0586. The van der Waals surface area contributed by atoms with Crippen molar-refractivity contribution in [2.45, 2.75) is 12.5 Å². The maximum atomic E-state index is 12.1. The Balaban J connectivity index is 1.63. The molecule has 6 nitrogen and oxygen atoms in total. The minimum Gasteiger partial charge on any atom is -0.448 e. The molecule has 0 fully saturated rings. The Hall–Kier alpha value is -2.22. The molecule has 1 amide bonds. The van der Waals surface area contributed by atoms with E-state index in [-0.39, 0.29) is 18.3 Å². The van der Waals surface area contributed by atoms with Crippen LogP contribution in [0.15, 0.2) is 40.8 Å². The summed E-state index contributed by atoms with van der Waals surface area (Å²) in [6, 6.07) is 11.2. The average Bonchev–Trinajstić information content (AvgIpc) is 3.21. The van der Waals surface area contributed by atoms with Crippen LogP contribution in [0.25, 0.3) is 21.0 Å². The fourth-order valence-corrected chi connectivity index (χ4v) is 3.20. The molecule has 0 aliphatic rings. The van der Waals surface area contributed by atoms with Gasteiger partial charge in [-0.1, -0.05) is 12.1 Å². The zero-order chi connectivity index (χ0) is 16.9. The van der Waals surface area contributed by atoms with E-state index < -0.39 is 6.10 Å². The Morgan fingerprint density at radius 1 is 1.38 bits per heavy atom. The minimum atomic E-state index is -0.592. The van der Waals surface area contributed by atoms with E-state index in [1.807, 2.05) is 24.3 Å². The number of furan rings is 1. The first-order chi connectivity index (χ1) is 11.7. The summed E-state index contributed by atoms with van der Waals surface area (Å²) >= 11 is 1.52. The summed E-state index contributed by atoms with van der Waals surface area (Å²) in [6.07, 6.45) is -0.171. The predicted octanol–water partition coefficient (Wildman–Crippen LogP) is 2.68. The van der Waals surface area contributed by atoms with Crippen molar-refractivity contribution in [1.29, 1.82) is 0 Å². The summed E-state index contributed by atoms with van der Waals surface area (Å²) in [5.74, 6) is 0.484. The molecule has 7 heteroatoms. The van der Waals surface area contributed by atoms with Gasteiger partial charge in [-0.05, 0) is 30.7 Å². The van der Waals surface area contributed by atoms with E-state index in [1.165, 1.54) is 18.4 Å². The molecule has 1 aromatic carbocycles. The van der Waals surface area contributed by atoms with Gasteiger partial charge in [0.25, 0.3) is 5.91 Å². The number of hydrogen-bond acceptors (Lipinski definition) is 6. The first-order valence-corrected chi connectivity index (χ1v) is 8.40. The number of para-hydroxylation sites is 1. The second kappa shape index (κ2) is 7.57. The van der Waals surface area contributed by atoms with Gasteiger partial charge in [0.2, 0.25) is 0 Å². The van der Waals surface area contributed by atoms with Gasteiger partial charge in [0, 0.05) is 13.7 Å². The molecule has 2 heterocycles. The molecule has 24 heavy (non-hydrogen) atoms. The number of nitrogens with one attached hydrogen (secondary N) is 1. The highest BCUT2D eigenvalue weighted by molar-refractivity contribution is 7.21. The van der Waals surface area contributed by atoms with Gasteiger partial charge < -0.3 is 19.6 Å². The molecule has 2 N–H and O–H groups in total. The summed E-state index contributed by atoms with van der Waals surface area (Å²) in [4.78, 5) is 16.6. The van der Waals surface area contributed by atoms with Crippen LogP contribution >= 0.6 is 11.3 Å². The van der Waals surface area contributed by atoms with Crippen LogP contribution in [0.2, 0.25) is 0 Å². The van der Waals surface area contributed by atoms with Crippen molar-refractivity contribution in [3.8, 4) is 10.8 Å². The second-order valence-corrected chi connectivity index (χ2v) is 6.34. The van der Waals surface area contributed by atoms with Crippen molar-refractivity contribution >= 4 is 27.5 Å². The van der Waals surface area contributed by atoms with Crippen LogP contribution < -0.4 is 5.32 Å². The molecule has 1 unspecified atom stereocenters. The maximum Gasteiger partial charge on any atom is 0.287 e. The number of carbonyl (C=O) groups excluding carboxylic acids is 1. The van der Waals surface area contributed by atoms with E-state index in [2.05, 4.69) is 10.3 Å². The SMILES string of the molecule is COCC(O)CCNC(=O)c1ccc(-c2nc3ccccc3s2)o1. The number of amides is 1. The lowest BCUT2D eigenvalue weighted by Gasteiger charge is -2.09. The van der Waals surface area contributed by atoms with Crippen LogP contribution in [0.1, 0.15) is 17.0 Å². The Morgan fingerprint density at radius 2 is 2.21 bits per heavy atom. The molecule has 126 valence electrons. The molecule has 0 aliphatic carbocycles. The quantitative estimate of drug-likeness (QED) is 0.687. The van der Waals surface area contributed by atoms with Crippen molar-refractivity contribution in [3.63, 3.8) is 0 Å². The third-order valence-corrected chi connectivity index (χ3v) is 4.51. The van der Waals surface area contributed by atoms with E-state index in [0.29, 0.717) is 18.7 Å². The Morgan fingerprint density at radius 3 is 3.00 bits per heavy atom. The smallest absolute Gasteiger partial charge is 0.287 e. The number of benzene rings is 1. The maximum absolute atomic E-state index is 12.1. The number of fused-ring (bicyclic) bond motifs is 1. The third kappa shape index (κ3) is 3.81. The molecule has 1 atom stereocenters. The summed E-state index contributed by atoms with van der Waals surface area (Å²) in [7, 11) is 1.52. The van der Waals surface area contributed by atoms with E-state index in [1.54, 1.807) is 12.1 Å². The molecular weight excluding hydrogens is 328 g/mol. The monoisotopic (exact) mass is 346 g/mol. The Labute approximate surface area is 143 Å². The van der Waals surface area contributed by atoms with Gasteiger partial charge in [-0.15, -0.1) is 11.3 Å². The number of aromatic nitrogens is 1. The van der Waals surface area contributed by atoms with Gasteiger partial charge in [-0.25, -0.2) is 4.98 Å². The molecule has 3 aromatic rings. The van der Waals surface area contributed by atoms with Gasteiger partial charge in [-0.3, -0.25) is 4.79 Å². The number of thiazole rings is 1. The zero-order valence-corrected chi connectivity index (χ0v) is 14.0. The van der Waals surface area contributed by atoms with Crippen LogP contribution in [-0.2, 0) is 4.74 Å². The summed E-state index contributed by atoms with van der Waals surface area (Å²) in [5.41, 5.74) is 0.909. The normalized spacial score (nSPS) is 12.4. The van der Waals surface area contributed by atoms with Gasteiger partial charge in [0.1, 0.15) is 0 Å². The number of rotatable bonds is 7. The van der Waals surface area contributed by atoms with Crippen molar-refractivity contribution in [2.75, 3.05) is 20.3 Å². The van der Waals surface area contributed by atoms with Crippen LogP contribution in [0.4, 0.5) is 0 Å². The summed E-state index contributed by atoms with van der Waals surface area (Å²) in [5, 5.41) is 13.0. The first-order valence-electron chi connectivity index (χ1n) is 7.58. The van der Waals surface area contributed by atoms with Gasteiger partial charge in [-0.2, -0.15) is 0 Å². The van der Waals surface area contributed by atoms with E-state index >= 15 is 0 Å².